The second kappa shape index (κ2) is 6.45. The topological polar surface area (TPSA) is 65.1 Å². The third kappa shape index (κ3) is 3.24. The van der Waals surface area contributed by atoms with Gasteiger partial charge in [-0.25, -0.2) is 0 Å². The van der Waals surface area contributed by atoms with Gasteiger partial charge >= 0.3 is 0 Å². The molecule has 0 bridgehead atoms. The molecule has 1 saturated heterocycles. The Morgan fingerprint density at radius 2 is 2.20 bits per heavy atom. The van der Waals surface area contributed by atoms with Crippen molar-refractivity contribution in [3.63, 3.8) is 0 Å². The van der Waals surface area contributed by atoms with E-state index in [1.54, 1.807) is 0 Å². The van der Waals surface area contributed by atoms with Crippen LogP contribution in [0.15, 0.2) is 27.8 Å². The van der Waals surface area contributed by atoms with Crippen LogP contribution in [-0.4, -0.2) is 48.7 Å². The van der Waals surface area contributed by atoms with Gasteiger partial charge in [0.2, 0.25) is 0 Å². The van der Waals surface area contributed by atoms with Gasteiger partial charge in [0.05, 0.1) is 0 Å². The molecule has 1 aromatic carbocycles. The first-order valence-corrected chi connectivity index (χ1v) is 7.55. The number of rotatable bonds is 2. The minimum atomic E-state index is 0.150. The Labute approximate surface area is 128 Å². The lowest BCUT2D eigenvalue weighted by molar-refractivity contribution is 0.318. The minimum absolute atomic E-state index is 0.150. The molecule has 3 N–H and O–H groups in total. The van der Waals surface area contributed by atoms with E-state index in [9.17, 15) is 0 Å². The average molecular weight is 341 g/mol. The molecule has 1 fully saturated rings. The van der Waals surface area contributed by atoms with Crippen LogP contribution in [0.25, 0.3) is 0 Å². The quantitative estimate of drug-likeness (QED) is 0.374. The number of amidine groups is 1. The maximum Gasteiger partial charge on any atom is 0.172 e. The predicted molar refractivity (Wildman–Crippen MR) is 85.6 cm³/mol. The van der Waals surface area contributed by atoms with Crippen molar-refractivity contribution in [2.75, 3.05) is 31.6 Å². The number of oxime groups is 1. The highest BCUT2D eigenvalue weighted by Crippen LogP contribution is 2.28. The van der Waals surface area contributed by atoms with E-state index in [-0.39, 0.29) is 5.84 Å². The first-order chi connectivity index (χ1) is 9.52. The molecule has 1 aliphatic heterocycles. The fourth-order valence-corrected chi connectivity index (χ4v) is 3.09. The number of likely N-dealkylation sites (N-methyl/N-ethyl adjacent to an activating group) is 1. The van der Waals surface area contributed by atoms with E-state index in [1.807, 2.05) is 18.2 Å². The number of nitrogens with zero attached hydrogens (tertiary/aromatic N) is 3. The molecule has 1 aromatic rings. The summed E-state index contributed by atoms with van der Waals surface area (Å²) in [6, 6.07) is 6.21. The van der Waals surface area contributed by atoms with Gasteiger partial charge in [-0.05, 0) is 45.1 Å². The Morgan fingerprint density at radius 1 is 1.45 bits per heavy atom. The van der Waals surface area contributed by atoms with Gasteiger partial charge in [-0.2, -0.15) is 0 Å². The second-order valence-electron chi connectivity index (χ2n) is 5.30. The molecule has 1 aliphatic rings. The molecule has 2 rings (SSSR count). The molecule has 1 unspecified atom stereocenters. The van der Waals surface area contributed by atoms with Crippen LogP contribution in [0, 0.1) is 0 Å². The summed E-state index contributed by atoms with van der Waals surface area (Å²) in [5, 5.41) is 12.1. The van der Waals surface area contributed by atoms with Crippen LogP contribution in [0.2, 0.25) is 0 Å². The van der Waals surface area contributed by atoms with Crippen molar-refractivity contribution in [1.82, 2.24) is 4.90 Å². The zero-order valence-electron chi connectivity index (χ0n) is 11.9. The monoisotopic (exact) mass is 340 g/mol. The highest BCUT2D eigenvalue weighted by molar-refractivity contribution is 9.10. The minimum Gasteiger partial charge on any atom is -0.409 e. The molecule has 1 heterocycles. The van der Waals surface area contributed by atoms with E-state index in [0.717, 1.165) is 41.8 Å². The highest BCUT2D eigenvalue weighted by atomic mass is 79.9. The Hall–Kier alpha value is -1.27. The Bertz CT molecular complexity index is 506. The third-order valence-electron chi connectivity index (χ3n) is 3.70. The molecule has 0 aliphatic carbocycles. The van der Waals surface area contributed by atoms with Gasteiger partial charge in [-0.1, -0.05) is 21.1 Å². The maximum atomic E-state index is 8.97. The molecule has 1 atom stereocenters. The van der Waals surface area contributed by atoms with E-state index in [2.05, 4.69) is 44.9 Å². The van der Waals surface area contributed by atoms with Crippen LogP contribution >= 0.6 is 15.9 Å². The summed E-state index contributed by atoms with van der Waals surface area (Å²) in [6.45, 7) is 5.27. The van der Waals surface area contributed by atoms with Crippen molar-refractivity contribution < 1.29 is 5.21 Å². The number of benzene rings is 1. The molecular weight excluding hydrogens is 320 g/mol. The molecule has 0 aromatic heterocycles. The molecule has 6 heteroatoms. The summed E-state index contributed by atoms with van der Waals surface area (Å²) in [7, 11) is 2.14. The first kappa shape index (κ1) is 15.1. The zero-order chi connectivity index (χ0) is 14.7. The second-order valence-corrected chi connectivity index (χ2v) is 6.22. The summed E-state index contributed by atoms with van der Waals surface area (Å²) in [5.41, 5.74) is 7.59. The van der Waals surface area contributed by atoms with E-state index < -0.39 is 0 Å². The van der Waals surface area contributed by atoms with Gasteiger partial charge in [0, 0.05) is 34.9 Å². The van der Waals surface area contributed by atoms with Gasteiger partial charge in [-0.3, -0.25) is 0 Å². The third-order valence-corrected chi connectivity index (χ3v) is 4.19. The smallest absolute Gasteiger partial charge is 0.172 e. The lowest BCUT2D eigenvalue weighted by Crippen LogP contribution is -2.39. The van der Waals surface area contributed by atoms with Crippen molar-refractivity contribution in [2.45, 2.75) is 19.4 Å². The fourth-order valence-electron chi connectivity index (χ4n) is 2.74. The Kier molecular flexibility index (Phi) is 4.88. The van der Waals surface area contributed by atoms with Gasteiger partial charge in [0.15, 0.2) is 5.84 Å². The standard InChI is InChI=1S/C14H21BrN4O/c1-10-9-18(2)6-3-7-19(10)13-8-11(15)4-5-12(13)14(16)17-20/h4-5,8,10,20H,3,6-7,9H2,1-2H3,(H2,16,17). The van der Waals surface area contributed by atoms with Crippen LogP contribution in [0.1, 0.15) is 18.9 Å². The van der Waals surface area contributed by atoms with Crippen LogP contribution < -0.4 is 10.6 Å². The van der Waals surface area contributed by atoms with Gasteiger partial charge in [-0.15, -0.1) is 0 Å². The molecule has 0 spiro atoms. The van der Waals surface area contributed by atoms with Gasteiger partial charge < -0.3 is 20.7 Å². The Balaban J connectivity index is 2.42. The van der Waals surface area contributed by atoms with Crippen molar-refractivity contribution in [3.8, 4) is 0 Å². The lowest BCUT2D eigenvalue weighted by Gasteiger charge is -2.31. The Morgan fingerprint density at radius 3 is 2.90 bits per heavy atom. The number of hydrogen-bond acceptors (Lipinski definition) is 4. The number of halogens is 1. The summed E-state index contributed by atoms with van der Waals surface area (Å²) in [5.74, 6) is 0.150. The molecule has 0 amide bonds. The normalized spacial score (nSPS) is 21.9. The lowest BCUT2D eigenvalue weighted by atomic mass is 10.1. The molecular formula is C14H21BrN4O. The van der Waals surface area contributed by atoms with Gasteiger partial charge in [0.25, 0.3) is 0 Å². The van der Waals surface area contributed by atoms with E-state index in [1.165, 1.54) is 0 Å². The number of nitrogens with two attached hydrogens (primary N) is 1. The summed E-state index contributed by atoms with van der Waals surface area (Å²) in [4.78, 5) is 4.67. The summed E-state index contributed by atoms with van der Waals surface area (Å²) in [6.07, 6.45) is 1.10. The first-order valence-electron chi connectivity index (χ1n) is 6.75. The molecule has 110 valence electrons. The van der Waals surface area contributed by atoms with E-state index in [0.29, 0.717) is 6.04 Å². The van der Waals surface area contributed by atoms with Crippen LogP contribution in [-0.2, 0) is 0 Å². The SMILES string of the molecule is CC1CN(C)CCCN1c1cc(Br)ccc1/C(N)=N/O. The van der Waals surface area contributed by atoms with Crippen molar-refractivity contribution in [1.29, 1.82) is 0 Å². The predicted octanol–water partition coefficient (Wildman–Crippen LogP) is 2.07. The molecule has 0 saturated carbocycles. The van der Waals surface area contributed by atoms with Crippen molar-refractivity contribution in [3.05, 3.63) is 28.2 Å². The van der Waals surface area contributed by atoms with Crippen LogP contribution in [0.3, 0.4) is 0 Å². The zero-order valence-corrected chi connectivity index (χ0v) is 13.5. The van der Waals surface area contributed by atoms with Crippen molar-refractivity contribution in [2.24, 2.45) is 10.9 Å². The molecule has 0 radical (unpaired) electrons. The molecule has 5 nitrogen and oxygen atoms in total. The summed E-state index contributed by atoms with van der Waals surface area (Å²) < 4.78 is 0.992. The van der Waals surface area contributed by atoms with E-state index in [4.69, 9.17) is 10.9 Å². The van der Waals surface area contributed by atoms with Crippen LogP contribution in [0.5, 0.6) is 0 Å². The van der Waals surface area contributed by atoms with E-state index >= 15 is 0 Å². The number of anilines is 1. The maximum absolute atomic E-state index is 8.97. The largest absolute Gasteiger partial charge is 0.409 e. The highest BCUT2D eigenvalue weighted by Gasteiger charge is 2.23. The van der Waals surface area contributed by atoms with Crippen LogP contribution in [0.4, 0.5) is 5.69 Å². The number of hydrogen-bond donors (Lipinski definition) is 2. The van der Waals surface area contributed by atoms with Gasteiger partial charge in [0.1, 0.15) is 0 Å². The average Bonchev–Trinajstić information content (AvgIpc) is 2.58. The fraction of sp³-hybridized carbons (Fsp3) is 0.500. The molecule has 20 heavy (non-hydrogen) atoms. The summed E-state index contributed by atoms with van der Waals surface area (Å²) >= 11 is 3.51. The van der Waals surface area contributed by atoms with Crippen molar-refractivity contribution >= 4 is 27.5 Å².